The van der Waals surface area contributed by atoms with Crippen molar-refractivity contribution in [3.63, 3.8) is 0 Å². The normalized spacial score (nSPS) is 56.8. The van der Waals surface area contributed by atoms with Crippen molar-refractivity contribution in [2.24, 2.45) is 22.7 Å². The maximum atomic E-state index is 15.2. The monoisotopic (exact) mass is 360 g/mol. The first-order valence-electron chi connectivity index (χ1n) is 9.61. The van der Waals surface area contributed by atoms with Gasteiger partial charge in [-0.15, -0.1) is 0 Å². The number of alkyl halides is 1. The number of rotatable bonds is 1. The van der Waals surface area contributed by atoms with E-state index in [2.05, 4.69) is 0 Å². The van der Waals surface area contributed by atoms with Crippen LogP contribution in [-0.2, 0) is 14.3 Å². The minimum atomic E-state index is -1.35. The first-order chi connectivity index (χ1) is 12.1. The zero-order valence-electron chi connectivity index (χ0n) is 15.4. The second kappa shape index (κ2) is 4.56. The van der Waals surface area contributed by atoms with Crippen LogP contribution in [0, 0.1) is 22.7 Å². The quantitative estimate of drug-likeness (QED) is 0.730. The van der Waals surface area contributed by atoms with E-state index in [1.807, 2.05) is 19.9 Å². The molecule has 0 aromatic heterocycles. The molecule has 5 rings (SSSR count). The van der Waals surface area contributed by atoms with E-state index >= 15 is 4.39 Å². The molecule has 26 heavy (non-hydrogen) atoms. The molecule has 5 aliphatic rings. The van der Waals surface area contributed by atoms with E-state index in [9.17, 15) is 14.7 Å². The Bertz CT molecular complexity index is 802. The van der Waals surface area contributed by atoms with Crippen LogP contribution in [-0.4, -0.2) is 40.2 Å². The maximum absolute atomic E-state index is 15.2. The van der Waals surface area contributed by atoms with Gasteiger partial charge in [0.05, 0.1) is 6.10 Å². The SMILES string of the molecule is CC(=O)[C@@]1(O)CC[C@H]2[C@@H]3C[C@H](F)C4=CC(=O)C=C[C@]4(C)[C@@]34O[C@H]4C[C@@]21C. The van der Waals surface area contributed by atoms with Gasteiger partial charge in [0, 0.05) is 10.8 Å². The summed E-state index contributed by atoms with van der Waals surface area (Å²) in [5.41, 5.74) is -2.54. The first-order valence-corrected chi connectivity index (χ1v) is 9.61. The number of ketones is 2. The minimum absolute atomic E-state index is 0.0396. The summed E-state index contributed by atoms with van der Waals surface area (Å²) in [4.78, 5) is 24.1. The van der Waals surface area contributed by atoms with Gasteiger partial charge in [-0.3, -0.25) is 9.59 Å². The number of epoxide rings is 1. The Morgan fingerprint density at radius 3 is 2.77 bits per heavy atom. The zero-order chi connectivity index (χ0) is 18.7. The second-order valence-corrected chi connectivity index (χ2v) is 9.43. The molecule has 0 unspecified atom stereocenters. The second-order valence-electron chi connectivity index (χ2n) is 9.43. The lowest BCUT2D eigenvalue weighted by Crippen LogP contribution is -2.62. The fourth-order valence-electron chi connectivity index (χ4n) is 7.22. The number of hydrogen-bond acceptors (Lipinski definition) is 4. The molecule has 1 saturated heterocycles. The fourth-order valence-corrected chi connectivity index (χ4v) is 7.22. The molecule has 1 aliphatic heterocycles. The van der Waals surface area contributed by atoms with Crippen LogP contribution in [0.2, 0.25) is 0 Å². The summed E-state index contributed by atoms with van der Waals surface area (Å²) in [6.45, 7) is 5.42. The van der Waals surface area contributed by atoms with Crippen LogP contribution in [0.1, 0.15) is 46.5 Å². The lowest BCUT2D eigenvalue weighted by atomic mass is 9.46. The average Bonchev–Trinajstić information content (AvgIpc) is 3.23. The van der Waals surface area contributed by atoms with E-state index in [0.29, 0.717) is 31.3 Å². The van der Waals surface area contributed by atoms with Crippen LogP contribution in [0.15, 0.2) is 23.8 Å². The molecule has 1 N–H and O–H groups in total. The standard InChI is InChI=1S/C21H25FO4/c1-11(23)20(25)7-5-13-14-9-16(22)15-8-12(24)4-6-18(15,2)21(14)17(26-21)10-19(13,20)3/h4,6,8,13-14,16-17,25H,5,7,9-10H2,1-3H3/t13-,14-,16-,17-,18-,19-,20-,21+/m0/s1. The van der Waals surface area contributed by atoms with Gasteiger partial charge in [-0.25, -0.2) is 4.39 Å². The number of fused-ring (bicyclic) bond motifs is 3. The molecule has 140 valence electrons. The summed E-state index contributed by atoms with van der Waals surface area (Å²) in [6.07, 6.45) is 5.55. The van der Waals surface area contributed by atoms with Crippen LogP contribution < -0.4 is 0 Å². The summed E-state index contributed by atoms with van der Waals surface area (Å²) < 4.78 is 21.5. The third-order valence-electron chi connectivity index (χ3n) is 8.66. The summed E-state index contributed by atoms with van der Waals surface area (Å²) >= 11 is 0. The van der Waals surface area contributed by atoms with Gasteiger partial charge in [0.15, 0.2) is 11.6 Å². The Hall–Kier alpha value is -1.33. The lowest BCUT2D eigenvalue weighted by Gasteiger charge is -2.56. The van der Waals surface area contributed by atoms with Crippen molar-refractivity contribution in [3.8, 4) is 0 Å². The number of Topliss-reactive ketones (excluding diaryl/α,β-unsaturated/α-hetero) is 1. The highest BCUT2D eigenvalue weighted by molar-refractivity contribution is 6.01. The largest absolute Gasteiger partial charge is 0.382 e. The van der Waals surface area contributed by atoms with Crippen LogP contribution in [0.5, 0.6) is 0 Å². The van der Waals surface area contributed by atoms with Crippen LogP contribution in [0.3, 0.4) is 0 Å². The number of aliphatic hydroxyl groups is 1. The van der Waals surface area contributed by atoms with Crippen LogP contribution >= 0.6 is 0 Å². The number of carbonyl (C=O) groups excluding carboxylic acids is 2. The summed E-state index contributed by atoms with van der Waals surface area (Å²) in [6, 6.07) is 0. The molecule has 5 heteroatoms. The number of ether oxygens (including phenoxy) is 1. The molecule has 4 aliphatic carbocycles. The van der Waals surface area contributed by atoms with Crippen molar-refractivity contribution in [2.75, 3.05) is 0 Å². The molecule has 0 aromatic carbocycles. The van der Waals surface area contributed by atoms with Crippen molar-refractivity contribution >= 4 is 11.6 Å². The topological polar surface area (TPSA) is 66.9 Å². The summed E-state index contributed by atoms with van der Waals surface area (Å²) in [5, 5.41) is 11.2. The van der Waals surface area contributed by atoms with Gasteiger partial charge in [-0.05, 0) is 69.1 Å². The third-order valence-corrected chi connectivity index (χ3v) is 8.66. The number of halogens is 1. The van der Waals surface area contributed by atoms with Crippen molar-refractivity contribution < 1.29 is 23.8 Å². The van der Waals surface area contributed by atoms with Crippen LogP contribution in [0.25, 0.3) is 0 Å². The van der Waals surface area contributed by atoms with E-state index in [-0.39, 0.29) is 29.5 Å². The van der Waals surface area contributed by atoms with Crippen molar-refractivity contribution in [3.05, 3.63) is 23.8 Å². The van der Waals surface area contributed by atoms with Crippen molar-refractivity contribution in [2.45, 2.75) is 69.9 Å². The maximum Gasteiger partial charge on any atom is 0.178 e. The molecular formula is C21H25FO4. The smallest absolute Gasteiger partial charge is 0.178 e. The molecule has 0 aromatic rings. The predicted molar refractivity (Wildman–Crippen MR) is 92.0 cm³/mol. The zero-order valence-corrected chi connectivity index (χ0v) is 15.4. The Balaban J connectivity index is 1.63. The molecule has 8 atom stereocenters. The Labute approximate surface area is 152 Å². The van der Waals surface area contributed by atoms with E-state index < -0.39 is 28.2 Å². The highest BCUT2D eigenvalue weighted by Gasteiger charge is 2.81. The molecule has 1 spiro atoms. The molecule has 0 amide bonds. The van der Waals surface area contributed by atoms with E-state index in [4.69, 9.17) is 4.74 Å². The lowest BCUT2D eigenvalue weighted by molar-refractivity contribution is -0.155. The number of carbonyl (C=O) groups is 2. The van der Waals surface area contributed by atoms with Gasteiger partial charge in [0.2, 0.25) is 0 Å². The molecule has 1 heterocycles. The Kier molecular flexibility index (Phi) is 2.95. The van der Waals surface area contributed by atoms with Crippen LogP contribution in [0.4, 0.5) is 4.39 Å². The molecule has 4 nitrogen and oxygen atoms in total. The summed E-state index contributed by atoms with van der Waals surface area (Å²) in [7, 11) is 0. The minimum Gasteiger partial charge on any atom is -0.382 e. The van der Waals surface area contributed by atoms with Gasteiger partial charge in [0.1, 0.15) is 17.4 Å². The van der Waals surface area contributed by atoms with Gasteiger partial charge in [0.25, 0.3) is 0 Å². The molecule has 0 bridgehead atoms. The molecule has 3 saturated carbocycles. The number of hydrogen-bond donors (Lipinski definition) is 1. The van der Waals surface area contributed by atoms with E-state index in [1.165, 1.54) is 19.1 Å². The van der Waals surface area contributed by atoms with E-state index in [1.54, 1.807) is 0 Å². The molecule has 4 fully saturated rings. The number of allylic oxidation sites excluding steroid dienone is 2. The van der Waals surface area contributed by atoms with Gasteiger partial charge >= 0.3 is 0 Å². The van der Waals surface area contributed by atoms with Gasteiger partial charge in [-0.1, -0.05) is 13.0 Å². The third kappa shape index (κ3) is 1.56. The average molecular weight is 360 g/mol. The Morgan fingerprint density at radius 2 is 2.08 bits per heavy atom. The predicted octanol–water partition coefficient (Wildman–Crippen LogP) is 2.69. The van der Waals surface area contributed by atoms with E-state index in [0.717, 1.165) is 0 Å². The molecular weight excluding hydrogens is 335 g/mol. The van der Waals surface area contributed by atoms with Gasteiger partial charge in [-0.2, -0.15) is 0 Å². The van der Waals surface area contributed by atoms with Crippen molar-refractivity contribution in [1.82, 2.24) is 0 Å². The van der Waals surface area contributed by atoms with Gasteiger partial charge < -0.3 is 9.84 Å². The summed E-state index contributed by atoms with van der Waals surface area (Å²) in [5.74, 6) is -0.384. The highest BCUT2D eigenvalue weighted by atomic mass is 19.1. The highest BCUT2D eigenvalue weighted by Crippen LogP contribution is 2.76. The fraction of sp³-hybridized carbons (Fsp3) is 0.714. The van der Waals surface area contributed by atoms with Crippen molar-refractivity contribution in [1.29, 1.82) is 0 Å². The first kappa shape index (κ1) is 16.8. The Morgan fingerprint density at radius 1 is 1.35 bits per heavy atom. The molecule has 0 radical (unpaired) electrons.